The molecule has 0 saturated heterocycles. The molecule has 0 aromatic rings. The van der Waals surface area contributed by atoms with Crippen molar-refractivity contribution in [2.75, 3.05) is 0 Å². The summed E-state index contributed by atoms with van der Waals surface area (Å²) in [7, 11) is 0. The molecule has 0 saturated carbocycles. The van der Waals surface area contributed by atoms with Gasteiger partial charge in [0.15, 0.2) is 0 Å². The van der Waals surface area contributed by atoms with E-state index < -0.39 is 0 Å². The van der Waals surface area contributed by atoms with Crippen LogP contribution < -0.4 is 0 Å². The minimum Gasteiger partial charge on any atom is -0.0914 e. The molecular formula is C11H24. The average molecular weight is 156 g/mol. The lowest BCUT2D eigenvalue weighted by Gasteiger charge is -2.05. The predicted molar refractivity (Wildman–Crippen MR) is 54.9 cm³/mol. The molecule has 0 spiro atoms. The summed E-state index contributed by atoms with van der Waals surface area (Å²) in [4.78, 5) is 0. The molecule has 0 N–H and O–H groups in total. The summed E-state index contributed by atoms with van der Waals surface area (Å²) in [6.45, 7) is 10.6. The van der Waals surface area contributed by atoms with E-state index in [0.717, 1.165) is 5.92 Å². The van der Waals surface area contributed by atoms with Gasteiger partial charge in [-0.25, -0.2) is 0 Å². The van der Waals surface area contributed by atoms with Gasteiger partial charge in [-0.05, 0) is 25.7 Å². The molecule has 0 radical (unpaired) electrons. The smallest absolute Gasteiger partial charge is 0.0236 e. The first-order valence-electron chi connectivity index (χ1n) is 4.97. The fourth-order valence-electron chi connectivity index (χ4n) is 1.08. The highest BCUT2D eigenvalue weighted by Gasteiger charge is 1.96. The summed E-state index contributed by atoms with van der Waals surface area (Å²) in [5.41, 5.74) is 0. The molecule has 0 rings (SSSR count). The van der Waals surface area contributed by atoms with Crippen LogP contribution in [0.2, 0.25) is 0 Å². The van der Waals surface area contributed by atoms with Crippen molar-refractivity contribution in [1.29, 1.82) is 0 Å². The van der Waals surface area contributed by atoms with Gasteiger partial charge in [0.25, 0.3) is 0 Å². The van der Waals surface area contributed by atoms with Crippen LogP contribution in [0.3, 0.4) is 0 Å². The molecule has 1 unspecified atom stereocenters. The third-order valence-electron chi connectivity index (χ3n) is 1.65. The van der Waals surface area contributed by atoms with Crippen LogP contribution in [0.15, 0.2) is 12.2 Å². The van der Waals surface area contributed by atoms with E-state index in [4.69, 9.17) is 0 Å². The second-order valence-corrected chi connectivity index (χ2v) is 2.48. The van der Waals surface area contributed by atoms with Crippen LogP contribution in [0.25, 0.3) is 0 Å². The van der Waals surface area contributed by atoms with Crippen molar-refractivity contribution in [1.82, 2.24) is 0 Å². The first kappa shape index (κ1) is 13.3. The molecule has 0 nitrogen and oxygen atoms in total. The van der Waals surface area contributed by atoms with Gasteiger partial charge in [-0.1, -0.05) is 46.3 Å². The van der Waals surface area contributed by atoms with Crippen molar-refractivity contribution < 1.29 is 0 Å². The number of rotatable bonds is 4. The fourth-order valence-corrected chi connectivity index (χ4v) is 1.08. The third-order valence-corrected chi connectivity index (χ3v) is 1.65. The standard InChI is InChI=1S/C9H18.C2H6/c1-4-7-9(6-3)8-5-2;1-2/h4,7,9H,5-6,8H2,1-3H3;1-2H3/b7-4+;. The Labute approximate surface area is 72.7 Å². The lowest BCUT2D eigenvalue weighted by Crippen LogP contribution is -1.91. The number of hydrogen-bond donors (Lipinski definition) is 0. The van der Waals surface area contributed by atoms with E-state index in [1.165, 1.54) is 19.3 Å². The molecule has 0 heterocycles. The van der Waals surface area contributed by atoms with E-state index in [1.807, 2.05) is 13.8 Å². The molecular weight excluding hydrogens is 132 g/mol. The van der Waals surface area contributed by atoms with E-state index >= 15 is 0 Å². The van der Waals surface area contributed by atoms with Crippen molar-refractivity contribution >= 4 is 0 Å². The maximum atomic E-state index is 2.31. The minimum absolute atomic E-state index is 0.833. The van der Waals surface area contributed by atoms with E-state index in [2.05, 4.69) is 32.9 Å². The fraction of sp³-hybridized carbons (Fsp3) is 0.818. The summed E-state index contributed by atoms with van der Waals surface area (Å²) >= 11 is 0. The molecule has 11 heavy (non-hydrogen) atoms. The normalized spacial score (nSPS) is 12.5. The van der Waals surface area contributed by atoms with E-state index in [1.54, 1.807) is 0 Å². The second kappa shape index (κ2) is 12.4. The molecule has 0 fully saturated rings. The van der Waals surface area contributed by atoms with Crippen LogP contribution >= 0.6 is 0 Å². The summed E-state index contributed by atoms with van der Waals surface area (Å²) < 4.78 is 0. The van der Waals surface area contributed by atoms with Crippen molar-refractivity contribution in [3.8, 4) is 0 Å². The Bertz CT molecular complexity index is 72.1. The zero-order chi connectivity index (χ0) is 9.11. The quantitative estimate of drug-likeness (QED) is 0.529. The molecule has 0 aliphatic heterocycles. The number of allylic oxidation sites excluding steroid dienone is 2. The lowest BCUT2D eigenvalue weighted by molar-refractivity contribution is 0.563. The van der Waals surface area contributed by atoms with Gasteiger partial charge in [0.2, 0.25) is 0 Å². The highest BCUT2D eigenvalue weighted by atomic mass is 14.0. The van der Waals surface area contributed by atoms with Crippen molar-refractivity contribution in [2.45, 2.75) is 53.9 Å². The molecule has 68 valence electrons. The van der Waals surface area contributed by atoms with Crippen LogP contribution in [-0.2, 0) is 0 Å². The molecule has 0 aliphatic carbocycles. The zero-order valence-corrected chi connectivity index (χ0v) is 8.85. The van der Waals surface area contributed by atoms with Gasteiger partial charge in [-0.2, -0.15) is 0 Å². The number of hydrogen-bond acceptors (Lipinski definition) is 0. The Hall–Kier alpha value is -0.260. The highest BCUT2D eigenvalue weighted by molar-refractivity contribution is 4.84. The second-order valence-electron chi connectivity index (χ2n) is 2.48. The zero-order valence-electron chi connectivity index (χ0n) is 8.85. The van der Waals surface area contributed by atoms with Crippen LogP contribution in [0.5, 0.6) is 0 Å². The van der Waals surface area contributed by atoms with E-state index in [0.29, 0.717) is 0 Å². The van der Waals surface area contributed by atoms with Gasteiger partial charge < -0.3 is 0 Å². The van der Waals surface area contributed by atoms with Crippen molar-refractivity contribution in [2.24, 2.45) is 5.92 Å². The van der Waals surface area contributed by atoms with Gasteiger partial charge in [0.05, 0.1) is 0 Å². The largest absolute Gasteiger partial charge is 0.0914 e. The molecule has 0 aromatic heterocycles. The van der Waals surface area contributed by atoms with Crippen LogP contribution in [0.1, 0.15) is 53.9 Å². The predicted octanol–water partition coefficient (Wildman–Crippen LogP) is 4.42. The van der Waals surface area contributed by atoms with Gasteiger partial charge in [0, 0.05) is 0 Å². The van der Waals surface area contributed by atoms with Crippen LogP contribution in [0, 0.1) is 5.92 Å². The van der Waals surface area contributed by atoms with Crippen LogP contribution in [-0.4, -0.2) is 0 Å². The highest BCUT2D eigenvalue weighted by Crippen LogP contribution is 2.11. The van der Waals surface area contributed by atoms with Crippen molar-refractivity contribution in [3.63, 3.8) is 0 Å². The molecule has 1 atom stereocenters. The van der Waals surface area contributed by atoms with Gasteiger partial charge in [0.1, 0.15) is 0 Å². The van der Waals surface area contributed by atoms with Crippen molar-refractivity contribution in [3.05, 3.63) is 12.2 Å². The lowest BCUT2D eigenvalue weighted by atomic mass is 10.0. The Balaban J connectivity index is 0. The SMILES string of the molecule is C/C=C/C(CC)CCC.CC. The summed E-state index contributed by atoms with van der Waals surface area (Å²) in [5.74, 6) is 0.833. The average Bonchev–Trinajstić information content (AvgIpc) is 2.08. The monoisotopic (exact) mass is 156 g/mol. The molecule has 0 aliphatic rings. The van der Waals surface area contributed by atoms with Gasteiger partial charge >= 0.3 is 0 Å². The van der Waals surface area contributed by atoms with E-state index in [-0.39, 0.29) is 0 Å². The van der Waals surface area contributed by atoms with Crippen LogP contribution in [0.4, 0.5) is 0 Å². The van der Waals surface area contributed by atoms with Gasteiger partial charge in [-0.3, -0.25) is 0 Å². The Morgan fingerprint density at radius 2 is 1.73 bits per heavy atom. The molecule has 0 amide bonds. The Morgan fingerprint density at radius 3 is 2.00 bits per heavy atom. The minimum atomic E-state index is 0.833. The Kier molecular flexibility index (Phi) is 15.1. The molecule has 0 heteroatoms. The van der Waals surface area contributed by atoms with Gasteiger partial charge in [-0.15, -0.1) is 0 Å². The Morgan fingerprint density at radius 1 is 1.18 bits per heavy atom. The topological polar surface area (TPSA) is 0 Å². The maximum Gasteiger partial charge on any atom is -0.0236 e. The first-order chi connectivity index (χ1) is 5.35. The third kappa shape index (κ3) is 9.74. The summed E-state index contributed by atoms with van der Waals surface area (Å²) in [6.07, 6.45) is 8.41. The summed E-state index contributed by atoms with van der Waals surface area (Å²) in [6, 6.07) is 0. The molecule has 0 bridgehead atoms. The van der Waals surface area contributed by atoms with E-state index in [9.17, 15) is 0 Å². The molecule has 0 aromatic carbocycles. The summed E-state index contributed by atoms with van der Waals surface area (Å²) in [5, 5.41) is 0. The maximum absolute atomic E-state index is 2.31. The first-order valence-corrected chi connectivity index (χ1v) is 4.97.